The molecule has 6 rings (SSSR count). The standard InChI is InChI=1S/C31H35NO12/c1-15-18(44-32-8-10-41-11-9-32)6-7-22(42-15)43-20-13-31(39,21(34)14-33)12-17-24(20)30(38)26-25(28(17)36)27(35)16-4-3-5-19(40-2)23(16)29(26)37/h3-5,15,18,20,22,33,36,38-39H,6-14H2,1-2H3/t15-,18+,20?,22+,31?/m1/s1. The summed E-state index contributed by atoms with van der Waals surface area (Å²) in [6.45, 7) is 3.23. The number of rotatable bonds is 7. The van der Waals surface area contributed by atoms with Gasteiger partial charge in [0.05, 0.1) is 49.2 Å². The number of phenols is 2. The number of hydrogen-bond donors (Lipinski definition) is 4. The van der Waals surface area contributed by atoms with Gasteiger partial charge in [0, 0.05) is 49.0 Å². The van der Waals surface area contributed by atoms with E-state index < -0.39 is 83.5 Å². The Morgan fingerprint density at radius 3 is 2.48 bits per heavy atom. The van der Waals surface area contributed by atoms with Gasteiger partial charge >= 0.3 is 0 Å². The molecule has 44 heavy (non-hydrogen) atoms. The Morgan fingerprint density at radius 1 is 1.07 bits per heavy atom. The lowest BCUT2D eigenvalue weighted by Gasteiger charge is -2.42. The molecule has 4 N–H and O–H groups in total. The minimum atomic E-state index is -2.20. The number of methoxy groups -OCH3 is 1. The molecule has 0 aromatic heterocycles. The molecule has 2 aromatic rings. The number of benzene rings is 2. The van der Waals surface area contributed by atoms with E-state index in [4.69, 9.17) is 23.8 Å². The number of hydroxylamine groups is 2. The minimum Gasteiger partial charge on any atom is -0.507 e. The molecule has 2 fully saturated rings. The van der Waals surface area contributed by atoms with Crippen LogP contribution in [-0.4, -0.2) is 107 Å². The van der Waals surface area contributed by atoms with Crippen LogP contribution in [0.2, 0.25) is 0 Å². The molecule has 0 bridgehead atoms. The first-order chi connectivity index (χ1) is 21.1. The maximum atomic E-state index is 13.8. The molecule has 2 heterocycles. The number of aliphatic hydroxyl groups is 2. The first-order valence-corrected chi connectivity index (χ1v) is 14.6. The van der Waals surface area contributed by atoms with Gasteiger partial charge in [0.1, 0.15) is 35.6 Å². The van der Waals surface area contributed by atoms with Crippen LogP contribution in [0.3, 0.4) is 0 Å². The molecule has 2 unspecified atom stereocenters. The fraction of sp³-hybridized carbons (Fsp3) is 0.516. The Hall–Kier alpha value is -3.43. The molecule has 0 radical (unpaired) electrons. The molecule has 5 atom stereocenters. The summed E-state index contributed by atoms with van der Waals surface area (Å²) in [5, 5.41) is 46.0. The molecule has 4 aliphatic rings. The van der Waals surface area contributed by atoms with Crippen molar-refractivity contribution in [3.8, 4) is 17.2 Å². The van der Waals surface area contributed by atoms with Crippen molar-refractivity contribution in [2.45, 2.75) is 62.8 Å². The van der Waals surface area contributed by atoms with Gasteiger partial charge in [-0.25, -0.2) is 0 Å². The fourth-order valence-corrected chi connectivity index (χ4v) is 6.59. The van der Waals surface area contributed by atoms with Crippen LogP contribution in [0.25, 0.3) is 0 Å². The number of nitrogens with zero attached hydrogens (tertiary/aromatic N) is 1. The third-order valence-electron chi connectivity index (χ3n) is 8.89. The number of ketones is 3. The molecule has 13 nitrogen and oxygen atoms in total. The zero-order valence-corrected chi connectivity index (χ0v) is 24.4. The monoisotopic (exact) mass is 613 g/mol. The van der Waals surface area contributed by atoms with Gasteiger partial charge in [0.2, 0.25) is 5.78 Å². The van der Waals surface area contributed by atoms with Crippen molar-refractivity contribution in [1.82, 2.24) is 5.06 Å². The smallest absolute Gasteiger partial charge is 0.202 e. The number of Topliss-reactive ketones (excluding diaryl/α,β-unsaturated/α-hetero) is 1. The summed E-state index contributed by atoms with van der Waals surface area (Å²) in [6, 6.07) is 4.44. The topological polar surface area (TPSA) is 182 Å². The van der Waals surface area contributed by atoms with E-state index in [1.807, 2.05) is 12.0 Å². The van der Waals surface area contributed by atoms with E-state index in [1.165, 1.54) is 25.3 Å². The molecule has 13 heteroatoms. The van der Waals surface area contributed by atoms with Crippen LogP contribution in [0.5, 0.6) is 17.2 Å². The number of morpholine rings is 1. The van der Waals surface area contributed by atoms with Crippen LogP contribution in [0.1, 0.15) is 75.3 Å². The largest absolute Gasteiger partial charge is 0.507 e. The molecular weight excluding hydrogens is 578 g/mol. The highest BCUT2D eigenvalue weighted by Gasteiger charge is 2.50. The zero-order chi connectivity index (χ0) is 31.3. The highest BCUT2D eigenvalue weighted by atomic mass is 16.7. The average molecular weight is 614 g/mol. The molecule has 0 saturated carbocycles. The van der Waals surface area contributed by atoms with Gasteiger partial charge in [-0.05, 0) is 19.4 Å². The summed E-state index contributed by atoms with van der Waals surface area (Å²) in [7, 11) is 1.34. The van der Waals surface area contributed by atoms with Crippen LogP contribution in [0.15, 0.2) is 18.2 Å². The highest BCUT2D eigenvalue weighted by Crippen LogP contribution is 2.52. The van der Waals surface area contributed by atoms with Gasteiger partial charge in [-0.2, -0.15) is 5.06 Å². The maximum absolute atomic E-state index is 13.8. The number of hydrogen-bond acceptors (Lipinski definition) is 13. The first-order valence-electron chi connectivity index (χ1n) is 14.6. The Balaban J connectivity index is 1.36. The molecule has 236 valence electrons. The van der Waals surface area contributed by atoms with Gasteiger partial charge in [-0.1, -0.05) is 12.1 Å². The molecular formula is C31H35NO12. The highest BCUT2D eigenvalue weighted by molar-refractivity contribution is 6.31. The second kappa shape index (κ2) is 11.8. The SMILES string of the molecule is COc1cccc2c1C(=O)c1c(O)c3c(c(O)c1C2=O)CC(O)(C(=O)CO)CC3O[C@H]1CC[C@H](ON2CCOCC2)[C@@H](C)O1. The van der Waals surface area contributed by atoms with Gasteiger partial charge in [-0.3, -0.25) is 19.2 Å². The van der Waals surface area contributed by atoms with E-state index in [1.54, 1.807) is 0 Å². The van der Waals surface area contributed by atoms with Crippen LogP contribution >= 0.6 is 0 Å². The van der Waals surface area contributed by atoms with Gasteiger partial charge < -0.3 is 39.4 Å². The predicted molar refractivity (Wildman–Crippen MR) is 150 cm³/mol. The minimum absolute atomic E-state index is 0.0275. The summed E-state index contributed by atoms with van der Waals surface area (Å²) >= 11 is 0. The number of aliphatic hydroxyl groups excluding tert-OH is 1. The molecule has 2 aliphatic carbocycles. The predicted octanol–water partition coefficient (Wildman–Crippen LogP) is 1.34. The van der Waals surface area contributed by atoms with E-state index >= 15 is 0 Å². The summed E-state index contributed by atoms with van der Waals surface area (Å²) in [4.78, 5) is 46.3. The second-order valence-electron chi connectivity index (χ2n) is 11.5. The Bertz CT molecular complexity index is 1500. The van der Waals surface area contributed by atoms with Gasteiger partial charge in [-0.15, -0.1) is 0 Å². The van der Waals surface area contributed by atoms with Gasteiger partial charge in [0.15, 0.2) is 17.9 Å². The van der Waals surface area contributed by atoms with E-state index in [-0.39, 0.29) is 34.1 Å². The summed E-state index contributed by atoms with van der Waals surface area (Å²) in [6.07, 6.45) is -2.83. The fourth-order valence-electron chi connectivity index (χ4n) is 6.59. The van der Waals surface area contributed by atoms with Crippen molar-refractivity contribution in [2.75, 3.05) is 40.0 Å². The van der Waals surface area contributed by atoms with Crippen LogP contribution in [-0.2, 0) is 30.3 Å². The van der Waals surface area contributed by atoms with E-state index in [0.29, 0.717) is 39.1 Å². The Morgan fingerprint density at radius 2 is 1.80 bits per heavy atom. The third kappa shape index (κ3) is 5.08. The second-order valence-corrected chi connectivity index (χ2v) is 11.5. The number of aromatic hydroxyl groups is 2. The van der Waals surface area contributed by atoms with Crippen molar-refractivity contribution in [3.63, 3.8) is 0 Å². The zero-order valence-electron chi connectivity index (χ0n) is 24.4. The van der Waals surface area contributed by atoms with Crippen molar-refractivity contribution < 1.29 is 58.6 Å². The molecule has 2 aromatic carbocycles. The molecule has 2 aliphatic heterocycles. The number of carbonyl (C=O) groups is 3. The number of fused-ring (bicyclic) bond motifs is 3. The average Bonchev–Trinajstić information content (AvgIpc) is 3.02. The summed E-state index contributed by atoms with van der Waals surface area (Å²) in [5.41, 5.74) is -3.33. The maximum Gasteiger partial charge on any atom is 0.202 e. The van der Waals surface area contributed by atoms with Crippen molar-refractivity contribution >= 4 is 17.3 Å². The number of phenolic OH excluding ortho intramolecular Hbond substituents is 2. The Kier molecular flexibility index (Phi) is 8.22. The summed E-state index contributed by atoms with van der Waals surface area (Å²) < 4.78 is 23.0. The number of ether oxygens (including phenoxy) is 4. The van der Waals surface area contributed by atoms with Gasteiger partial charge in [0.25, 0.3) is 0 Å². The quantitative estimate of drug-likeness (QED) is 0.281. The van der Waals surface area contributed by atoms with Crippen LogP contribution < -0.4 is 4.74 Å². The Labute approximate surface area is 252 Å². The molecule has 2 saturated heterocycles. The number of carbonyl (C=O) groups excluding carboxylic acids is 3. The van der Waals surface area contributed by atoms with Crippen molar-refractivity contribution in [3.05, 3.63) is 51.6 Å². The molecule has 0 spiro atoms. The lowest BCUT2D eigenvalue weighted by Crippen LogP contribution is -2.49. The summed E-state index contributed by atoms with van der Waals surface area (Å²) in [5.74, 6) is -3.54. The van der Waals surface area contributed by atoms with E-state index in [0.717, 1.165) is 0 Å². The normalized spacial score (nSPS) is 28.6. The van der Waals surface area contributed by atoms with Crippen LogP contribution in [0.4, 0.5) is 0 Å². The van der Waals surface area contributed by atoms with E-state index in [9.17, 15) is 34.8 Å². The molecule has 0 amide bonds. The third-order valence-corrected chi connectivity index (χ3v) is 8.89. The lowest BCUT2D eigenvalue weighted by atomic mass is 9.72. The van der Waals surface area contributed by atoms with Crippen LogP contribution in [0, 0.1) is 0 Å². The van der Waals surface area contributed by atoms with Crippen molar-refractivity contribution in [1.29, 1.82) is 0 Å². The van der Waals surface area contributed by atoms with E-state index in [2.05, 4.69) is 0 Å². The first kappa shape index (κ1) is 30.6. The lowest BCUT2D eigenvalue weighted by molar-refractivity contribution is -0.298. The van der Waals surface area contributed by atoms with Crippen molar-refractivity contribution in [2.24, 2.45) is 0 Å².